The Bertz CT molecular complexity index is 569. The lowest BCUT2D eigenvalue weighted by molar-refractivity contribution is 0.0726. The number of hydrogen-bond donors (Lipinski definition) is 0. The van der Waals surface area contributed by atoms with Crippen molar-refractivity contribution in [3.05, 3.63) is 41.6 Å². The Kier molecular flexibility index (Phi) is 5.93. The molecule has 0 aliphatic carbocycles. The standard InChI is InChI=1S/C15H21ClN2OSSi/c1-21(2,3)10-9-19-12-18-15(11-14(16)17-18)20-13-7-5-4-6-8-13/h4-8,11H,9-10,12H2,1-3H3. The summed E-state index contributed by atoms with van der Waals surface area (Å²) in [5, 5.41) is 5.79. The maximum atomic E-state index is 6.02. The van der Waals surface area contributed by atoms with E-state index in [-0.39, 0.29) is 0 Å². The highest BCUT2D eigenvalue weighted by Gasteiger charge is 2.13. The van der Waals surface area contributed by atoms with Crippen LogP contribution in [0.5, 0.6) is 0 Å². The second-order valence-electron chi connectivity index (χ2n) is 6.07. The van der Waals surface area contributed by atoms with E-state index in [0.717, 1.165) is 22.6 Å². The van der Waals surface area contributed by atoms with Gasteiger partial charge in [-0.05, 0) is 18.2 Å². The van der Waals surface area contributed by atoms with Crippen molar-refractivity contribution in [2.45, 2.75) is 42.3 Å². The lowest BCUT2D eigenvalue weighted by Crippen LogP contribution is -2.22. The molecule has 0 bridgehead atoms. The minimum atomic E-state index is -1.05. The lowest BCUT2D eigenvalue weighted by atomic mass is 10.4. The molecule has 21 heavy (non-hydrogen) atoms. The fraction of sp³-hybridized carbons (Fsp3) is 0.400. The zero-order valence-corrected chi connectivity index (χ0v) is 15.2. The van der Waals surface area contributed by atoms with Crippen LogP contribution in [-0.2, 0) is 11.5 Å². The molecule has 0 N–H and O–H groups in total. The first-order valence-corrected chi connectivity index (χ1v) is 11.9. The lowest BCUT2D eigenvalue weighted by Gasteiger charge is -2.15. The van der Waals surface area contributed by atoms with Crippen molar-refractivity contribution in [3.8, 4) is 0 Å². The SMILES string of the molecule is C[Si](C)(C)CCOCn1nc(Cl)cc1Sc1ccccc1. The molecule has 0 fully saturated rings. The molecule has 1 aromatic carbocycles. The largest absolute Gasteiger partial charge is 0.359 e. The van der Waals surface area contributed by atoms with Crippen molar-refractivity contribution in [3.63, 3.8) is 0 Å². The van der Waals surface area contributed by atoms with Crippen LogP contribution in [0.4, 0.5) is 0 Å². The number of hydrogen-bond acceptors (Lipinski definition) is 3. The molecule has 0 amide bonds. The Morgan fingerprint density at radius 2 is 1.95 bits per heavy atom. The molecule has 6 heteroatoms. The number of halogens is 1. The first-order valence-electron chi connectivity index (χ1n) is 6.98. The van der Waals surface area contributed by atoms with E-state index in [9.17, 15) is 0 Å². The predicted octanol–water partition coefficient (Wildman–Crippen LogP) is 5.00. The Hall–Kier alpha value is -0.753. The summed E-state index contributed by atoms with van der Waals surface area (Å²) >= 11 is 7.67. The maximum absolute atomic E-state index is 6.02. The topological polar surface area (TPSA) is 27.1 Å². The first kappa shape index (κ1) is 16.6. The van der Waals surface area contributed by atoms with Crippen LogP contribution < -0.4 is 0 Å². The summed E-state index contributed by atoms with van der Waals surface area (Å²) in [4.78, 5) is 1.16. The Labute approximate surface area is 136 Å². The molecule has 0 aliphatic rings. The normalized spacial score (nSPS) is 11.8. The Balaban J connectivity index is 1.94. The molecule has 1 heterocycles. The summed E-state index contributed by atoms with van der Waals surface area (Å²) < 4.78 is 7.57. The van der Waals surface area contributed by atoms with E-state index in [0.29, 0.717) is 11.9 Å². The third-order valence-electron chi connectivity index (χ3n) is 2.89. The summed E-state index contributed by atoms with van der Waals surface area (Å²) in [6.07, 6.45) is 0. The van der Waals surface area contributed by atoms with Gasteiger partial charge in [-0.15, -0.1) is 0 Å². The fourth-order valence-electron chi connectivity index (χ4n) is 1.68. The van der Waals surface area contributed by atoms with E-state index >= 15 is 0 Å². The van der Waals surface area contributed by atoms with Crippen molar-refractivity contribution in [1.82, 2.24) is 9.78 Å². The van der Waals surface area contributed by atoms with E-state index in [1.807, 2.05) is 28.9 Å². The van der Waals surface area contributed by atoms with Crippen LogP contribution in [0.1, 0.15) is 0 Å². The quantitative estimate of drug-likeness (QED) is 0.524. The van der Waals surface area contributed by atoms with E-state index in [1.165, 1.54) is 0 Å². The van der Waals surface area contributed by atoms with Crippen LogP contribution in [0.3, 0.4) is 0 Å². The van der Waals surface area contributed by atoms with E-state index in [2.05, 4.69) is 36.9 Å². The van der Waals surface area contributed by atoms with Crippen molar-refractivity contribution in [2.24, 2.45) is 0 Å². The highest BCUT2D eigenvalue weighted by Crippen LogP contribution is 2.29. The molecule has 2 rings (SSSR count). The molecular weight excluding hydrogens is 320 g/mol. The fourth-order valence-corrected chi connectivity index (χ4v) is 3.60. The Morgan fingerprint density at radius 1 is 1.24 bits per heavy atom. The highest BCUT2D eigenvalue weighted by molar-refractivity contribution is 7.99. The highest BCUT2D eigenvalue weighted by atomic mass is 35.5. The van der Waals surface area contributed by atoms with E-state index in [1.54, 1.807) is 11.8 Å². The zero-order chi connectivity index (χ0) is 15.3. The summed E-state index contributed by atoms with van der Waals surface area (Å²) in [5.74, 6) is 0. The van der Waals surface area contributed by atoms with E-state index < -0.39 is 8.07 Å². The van der Waals surface area contributed by atoms with Crippen LogP contribution in [-0.4, -0.2) is 24.5 Å². The minimum absolute atomic E-state index is 0.451. The summed E-state index contributed by atoms with van der Waals surface area (Å²) in [6.45, 7) is 8.27. The average Bonchev–Trinajstić information content (AvgIpc) is 2.75. The van der Waals surface area contributed by atoms with Gasteiger partial charge in [0.05, 0.1) is 0 Å². The average molecular weight is 341 g/mol. The number of ether oxygens (including phenoxy) is 1. The molecule has 0 aliphatic heterocycles. The van der Waals surface area contributed by atoms with Crippen LogP contribution in [0, 0.1) is 0 Å². The molecular formula is C15H21ClN2OSSi. The molecule has 0 saturated heterocycles. The van der Waals surface area contributed by atoms with Gasteiger partial charge in [0.25, 0.3) is 0 Å². The predicted molar refractivity (Wildman–Crippen MR) is 91.9 cm³/mol. The zero-order valence-electron chi connectivity index (χ0n) is 12.7. The van der Waals surface area contributed by atoms with Crippen molar-refractivity contribution >= 4 is 31.4 Å². The molecule has 0 spiro atoms. The summed E-state index contributed by atoms with van der Waals surface area (Å²) in [5.41, 5.74) is 0. The van der Waals surface area contributed by atoms with Gasteiger partial charge >= 0.3 is 0 Å². The van der Waals surface area contributed by atoms with Gasteiger partial charge in [-0.3, -0.25) is 0 Å². The van der Waals surface area contributed by atoms with Gasteiger partial charge in [0, 0.05) is 25.6 Å². The number of rotatable bonds is 7. The second kappa shape index (κ2) is 7.49. The summed E-state index contributed by atoms with van der Waals surface area (Å²) in [6, 6.07) is 13.2. The van der Waals surface area contributed by atoms with Crippen LogP contribution >= 0.6 is 23.4 Å². The molecule has 2 aromatic rings. The molecule has 0 unspecified atom stereocenters. The van der Waals surface area contributed by atoms with Gasteiger partial charge in [-0.2, -0.15) is 5.10 Å². The Morgan fingerprint density at radius 3 is 2.62 bits per heavy atom. The van der Waals surface area contributed by atoms with Crippen molar-refractivity contribution in [1.29, 1.82) is 0 Å². The van der Waals surface area contributed by atoms with Gasteiger partial charge in [-0.1, -0.05) is 61.2 Å². The number of nitrogens with zero attached hydrogens (tertiary/aromatic N) is 2. The number of benzene rings is 1. The van der Waals surface area contributed by atoms with Crippen molar-refractivity contribution < 1.29 is 4.74 Å². The molecule has 114 valence electrons. The van der Waals surface area contributed by atoms with E-state index in [4.69, 9.17) is 16.3 Å². The van der Waals surface area contributed by atoms with Gasteiger partial charge in [-0.25, -0.2) is 4.68 Å². The molecule has 0 saturated carbocycles. The molecule has 0 radical (unpaired) electrons. The minimum Gasteiger partial charge on any atom is -0.359 e. The third kappa shape index (κ3) is 5.86. The maximum Gasteiger partial charge on any atom is 0.152 e. The van der Waals surface area contributed by atoms with Gasteiger partial charge in [0.15, 0.2) is 5.15 Å². The second-order valence-corrected chi connectivity index (χ2v) is 13.2. The van der Waals surface area contributed by atoms with Gasteiger partial charge in [0.1, 0.15) is 11.8 Å². The monoisotopic (exact) mass is 340 g/mol. The summed E-state index contributed by atoms with van der Waals surface area (Å²) in [7, 11) is -1.05. The van der Waals surface area contributed by atoms with Crippen LogP contribution in [0.15, 0.2) is 46.3 Å². The number of aromatic nitrogens is 2. The third-order valence-corrected chi connectivity index (χ3v) is 5.82. The van der Waals surface area contributed by atoms with Gasteiger partial charge in [0.2, 0.25) is 0 Å². The van der Waals surface area contributed by atoms with Crippen LogP contribution in [0.2, 0.25) is 30.8 Å². The smallest absolute Gasteiger partial charge is 0.152 e. The molecule has 0 atom stereocenters. The van der Waals surface area contributed by atoms with Crippen molar-refractivity contribution in [2.75, 3.05) is 6.61 Å². The van der Waals surface area contributed by atoms with Crippen LogP contribution in [0.25, 0.3) is 0 Å². The van der Waals surface area contributed by atoms with Gasteiger partial charge < -0.3 is 4.74 Å². The first-order chi connectivity index (χ1) is 9.94. The molecule has 3 nitrogen and oxygen atoms in total. The molecule has 1 aromatic heterocycles.